The SMILES string of the molecule is CCOc1cccc(C=NNC(=O)Cc2ccccc2)c1O. The predicted octanol–water partition coefficient (Wildman–Crippen LogP) is 2.48. The van der Waals surface area contributed by atoms with Gasteiger partial charge >= 0.3 is 0 Å². The number of carbonyl (C=O) groups is 1. The molecule has 2 aromatic rings. The van der Waals surface area contributed by atoms with Crippen molar-refractivity contribution in [1.29, 1.82) is 0 Å². The van der Waals surface area contributed by atoms with E-state index in [-0.39, 0.29) is 18.1 Å². The molecule has 5 heteroatoms. The number of phenolic OH excluding ortho intramolecular Hbond substituents is 1. The van der Waals surface area contributed by atoms with Crippen LogP contribution in [-0.2, 0) is 11.2 Å². The number of nitrogens with zero attached hydrogens (tertiary/aromatic N) is 1. The molecule has 0 atom stereocenters. The summed E-state index contributed by atoms with van der Waals surface area (Å²) in [6.07, 6.45) is 1.64. The van der Waals surface area contributed by atoms with Gasteiger partial charge in [-0.15, -0.1) is 0 Å². The van der Waals surface area contributed by atoms with Gasteiger partial charge in [0.25, 0.3) is 0 Å². The fourth-order valence-corrected chi connectivity index (χ4v) is 1.91. The maximum atomic E-state index is 11.7. The number of rotatable bonds is 6. The van der Waals surface area contributed by atoms with Crippen LogP contribution in [0.15, 0.2) is 53.6 Å². The van der Waals surface area contributed by atoms with Crippen molar-refractivity contribution in [3.63, 3.8) is 0 Å². The molecule has 0 aliphatic rings. The number of aromatic hydroxyl groups is 1. The monoisotopic (exact) mass is 298 g/mol. The average molecular weight is 298 g/mol. The quantitative estimate of drug-likeness (QED) is 0.636. The molecule has 22 heavy (non-hydrogen) atoms. The van der Waals surface area contributed by atoms with Gasteiger partial charge in [-0.1, -0.05) is 36.4 Å². The maximum absolute atomic E-state index is 11.7. The second kappa shape index (κ2) is 7.83. The first kappa shape index (κ1) is 15.6. The standard InChI is InChI=1S/C17H18N2O3/c1-2-22-15-10-6-9-14(17(15)21)12-18-19-16(20)11-13-7-4-3-5-8-13/h3-10,12,21H,2,11H2,1H3,(H,19,20). The molecule has 1 amide bonds. The van der Waals surface area contributed by atoms with Gasteiger partial charge in [0.2, 0.25) is 5.91 Å². The van der Waals surface area contributed by atoms with Crippen LogP contribution in [0.3, 0.4) is 0 Å². The van der Waals surface area contributed by atoms with Gasteiger partial charge < -0.3 is 9.84 Å². The summed E-state index contributed by atoms with van der Waals surface area (Å²) >= 11 is 0. The third-order valence-corrected chi connectivity index (χ3v) is 2.93. The van der Waals surface area contributed by atoms with Gasteiger partial charge in [0, 0.05) is 5.56 Å². The van der Waals surface area contributed by atoms with Crippen molar-refractivity contribution in [1.82, 2.24) is 5.43 Å². The topological polar surface area (TPSA) is 70.9 Å². The highest BCUT2D eigenvalue weighted by atomic mass is 16.5. The molecule has 0 saturated heterocycles. The molecular weight excluding hydrogens is 280 g/mol. The van der Waals surface area contributed by atoms with Crippen molar-refractivity contribution < 1.29 is 14.6 Å². The van der Waals surface area contributed by atoms with Crippen LogP contribution in [0.5, 0.6) is 11.5 Å². The number of hydrogen-bond acceptors (Lipinski definition) is 4. The molecule has 0 spiro atoms. The van der Waals surface area contributed by atoms with Crippen molar-refractivity contribution in [2.75, 3.05) is 6.61 Å². The van der Waals surface area contributed by atoms with E-state index in [1.807, 2.05) is 37.3 Å². The Balaban J connectivity index is 1.95. The highest BCUT2D eigenvalue weighted by Crippen LogP contribution is 2.28. The first-order chi connectivity index (χ1) is 10.7. The second-order valence-corrected chi connectivity index (χ2v) is 4.58. The highest BCUT2D eigenvalue weighted by molar-refractivity contribution is 5.86. The molecule has 0 aliphatic carbocycles. The van der Waals surface area contributed by atoms with E-state index in [9.17, 15) is 9.90 Å². The molecule has 0 heterocycles. The number of amides is 1. The molecular formula is C17H18N2O3. The summed E-state index contributed by atoms with van der Waals surface area (Å²) in [4.78, 5) is 11.7. The van der Waals surface area contributed by atoms with Crippen LogP contribution in [0.25, 0.3) is 0 Å². The Morgan fingerprint density at radius 3 is 2.73 bits per heavy atom. The highest BCUT2D eigenvalue weighted by Gasteiger charge is 2.06. The first-order valence-electron chi connectivity index (χ1n) is 7.01. The average Bonchev–Trinajstić information content (AvgIpc) is 2.52. The van der Waals surface area contributed by atoms with E-state index in [4.69, 9.17) is 4.74 Å². The minimum absolute atomic E-state index is 0.00501. The Kier molecular flexibility index (Phi) is 5.54. The third-order valence-electron chi connectivity index (χ3n) is 2.93. The summed E-state index contributed by atoms with van der Waals surface area (Å²) in [5.41, 5.74) is 3.83. The van der Waals surface area contributed by atoms with Crippen LogP contribution in [-0.4, -0.2) is 23.8 Å². The largest absolute Gasteiger partial charge is 0.504 e. The Morgan fingerprint density at radius 2 is 2.00 bits per heavy atom. The van der Waals surface area contributed by atoms with E-state index in [1.165, 1.54) is 6.21 Å². The molecule has 0 saturated carbocycles. The van der Waals surface area contributed by atoms with Crippen LogP contribution < -0.4 is 10.2 Å². The van der Waals surface area contributed by atoms with Gasteiger partial charge in [-0.05, 0) is 24.6 Å². The number of hydrogen-bond donors (Lipinski definition) is 2. The number of benzene rings is 2. The van der Waals surface area contributed by atoms with Crippen molar-refractivity contribution in [2.45, 2.75) is 13.3 Å². The van der Waals surface area contributed by atoms with Crippen molar-refractivity contribution >= 4 is 12.1 Å². The third kappa shape index (κ3) is 4.34. The van der Waals surface area contributed by atoms with Gasteiger partial charge in [-0.3, -0.25) is 4.79 Å². The molecule has 2 aromatic carbocycles. The number of phenols is 1. The fourth-order valence-electron chi connectivity index (χ4n) is 1.91. The lowest BCUT2D eigenvalue weighted by Crippen LogP contribution is -2.19. The number of nitrogens with one attached hydrogen (secondary N) is 1. The Labute approximate surface area is 129 Å². The fraction of sp³-hybridized carbons (Fsp3) is 0.176. The zero-order chi connectivity index (χ0) is 15.8. The summed E-state index contributed by atoms with van der Waals surface area (Å²) < 4.78 is 5.28. The Hall–Kier alpha value is -2.82. The van der Waals surface area contributed by atoms with Crippen molar-refractivity contribution in [3.8, 4) is 11.5 Å². The molecule has 5 nitrogen and oxygen atoms in total. The van der Waals surface area contributed by atoms with Gasteiger partial charge in [-0.25, -0.2) is 5.43 Å². The van der Waals surface area contributed by atoms with Gasteiger partial charge in [0.15, 0.2) is 11.5 Å². The number of hydrazone groups is 1. The molecule has 0 aromatic heterocycles. The second-order valence-electron chi connectivity index (χ2n) is 4.58. The molecule has 0 aliphatic heterocycles. The zero-order valence-corrected chi connectivity index (χ0v) is 12.3. The van der Waals surface area contributed by atoms with Gasteiger partial charge in [0.1, 0.15) is 0 Å². The summed E-state index contributed by atoms with van der Waals surface area (Å²) in [7, 11) is 0. The molecule has 2 N–H and O–H groups in total. The number of carbonyl (C=O) groups excluding carboxylic acids is 1. The first-order valence-corrected chi connectivity index (χ1v) is 7.01. The van der Waals surface area contributed by atoms with Crippen molar-refractivity contribution in [2.24, 2.45) is 5.10 Å². The van der Waals surface area contributed by atoms with E-state index < -0.39 is 0 Å². The van der Waals surface area contributed by atoms with E-state index in [1.54, 1.807) is 18.2 Å². The molecule has 0 bridgehead atoms. The lowest BCUT2D eigenvalue weighted by atomic mass is 10.1. The van der Waals surface area contributed by atoms with Crippen LogP contribution in [0, 0.1) is 0 Å². The summed E-state index contributed by atoms with van der Waals surface area (Å²) in [6.45, 7) is 2.30. The van der Waals surface area contributed by atoms with Crippen LogP contribution in [0.4, 0.5) is 0 Å². The smallest absolute Gasteiger partial charge is 0.244 e. The normalized spacial score (nSPS) is 10.6. The zero-order valence-electron chi connectivity index (χ0n) is 12.3. The van der Waals surface area contributed by atoms with Gasteiger partial charge in [-0.2, -0.15) is 5.10 Å². The van der Waals surface area contributed by atoms with Crippen molar-refractivity contribution in [3.05, 3.63) is 59.7 Å². The Bertz CT molecular complexity index is 654. The summed E-state index contributed by atoms with van der Waals surface area (Å²) in [6, 6.07) is 14.5. The predicted molar refractivity (Wildman–Crippen MR) is 85.2 cm³/mol. The molecule has 0 unspecified atom stereocenters. The lowest BCUT2D eigenvalue weighted by Gasteiger charge is -2.07. The molecule has 0 radical (unpaired) electrons. The number of ether oxygens (including phenoxy) is 1. The number of para-hydroxylation sites is 1. The Morgan fingerprint density at radius 1 is 1.23 bits per heavy atom. The van der Waals surface area contributed by atoms with E-state index in [2.05, 4.69) is 10.5 Å². The maximum Gasteiger partial charge on any atom is 0.244 e. The molecule has 2 rings (SSSR count). The van der Waals surface area contributed by atoms with Gasteiger partial charge in [0.05, 0.1) is 19.2 Å². The minimum Gasteiger partial charge on any atom is -0.504 e. The minimum atomic E-state index is -0.220. The van der Waals surface area contributed by atoms with E-state index >= 15 is 0 Å². The lowest BCUT2D eigenvalue weighted by molar-refractivity contribution is -0.120. The summed E-state index contributed by atoms with van der Waals surface area (Å²) in [5, 5.41) is 13.9. The van der Waals surface area contributed by atoms with E-state index in [0.717, 1.165) is 5.56 Å². The van der Waals surface area contributed by atoms with E-state index in [0.29, 0.717) is 17.9 Å². The van der Waals surface area contributed by atoms with Crippen LogP contribution >= 0.6 is 0 Å². The summed E-state index contributed by atoms with van der Waals surface area (Å²) in [5.74, 6) is 0.176. The van der Waals surface area contributed by atoms with Crippen LogP contribution in [0.2, 0.25) is 0 Å². The van der Waals surface area contributed by atoms with Crippen LogP contribution in [0.1, 0.15) is 18.1 Å². The molecule has 114 valence electrons. The molecule has 0 fully saturated rings.